The van der Waals surface area contributed by atoms with Crippen molar-refractivity contribution >= 4 is 23.6 Å². The monoisotopic (exact) mass is 337 g/mol. The number of ether oxygens (including phenoxy) is 1. The largest absolute Gasteiger partial charge is 0.497 e. The fraction of sp³-hybridized carbons (Fsp3) is 0.263. The Morgan fingerprint density at radius 2 is 1.96 bits per heavy atom. The van der Waals surface area contributed by atoms with Gasteiger partial charge in [0, 0.05) is 30.9 Å². The summed E-state index contributed by atoms with van der Waals surface area (Å²) < 4.78 is 10.8. The Morgan fingerprint density at radius 1 is 1.24 bits per heavy atom. The van der Waals surface area contributed by atoms with Crippen LogP contribution < -0.4 is 15.0 Å². The third-order valence-electron chi connectivity index (χ3n) is 4.03. The number of hydrogen-bond acceptors (Lipinski definition) is 5. The predicted octanol–water partition coefficient (Wildman–Crippen LogP) is 3.43. The third-order valence-corrected chi connectivity index (χ3v) is 4.03. The molecule has 1 fully saturated rings. The number of benzene rings is 1. The van der Waals surface area contributed by atoms with Gasteiger partial charge in [0.1, 0.15) is 23.2 Å². The summed E-state index contributed by atoms with van der Waals surface area (Å²) in [5.74, 6) is 1.48. The van der Waals surface area contributed by atoms with E-state index in [4.69, 9.17) is 9.15 Å². The standard InChI is InChI=1S/C19H19N3O3/c1-24-16-6-4-15(5-7-16)21-19(23)14(13-20)12-17-8-9-18(25-17)22-10-2-3-11-22/h4-9,12H,2-3,10-11H2,1H3,(H,21,23)/b14-12-. The molecule has 6 nitrogen and oxygen atoms in total. The molecule has 1 saturated heterocycles. The lowest BCUT2D eigenvalue weighted by Gasteiger charge is -2.12. The summed E-state index contributed by atoms with van der Waals surface area (Å²) in [7, 11) is 1.57. The Morgan fingerprint density at radius 3 is 2.60 bits per heavy atom. The van der Waals surface area contributed by atoms with Crippen molar-refractivity contribution in [1.82, 2.24) is 0 Å². The molecule has 0 atom stereocenters. The van der Waals surface area contributed by atoms with E-state index in [2.05, 4.69) is 10.2 Å². The Kier molecular flexibility index (Phi) is 5.05. The van der Waals surface area contributed by atoms with Gasteiger partial charge >= 0.3 is 0 Å². The maximum Gasteiger partial charge on any atom is 0.266 e. The number of rotatable bonds is 5. The van der Waals surface area contributed by atoms with Crippen LogP contribution in [-0.4, -0.2) is 26.1 Å². The molecule has 1 aromatic carbocycles. The van der Waals surface area contributed by atoms with Gasteiger partial charge in [0.2, 0.25) is 0 Å². The summed E-state index contributed by atoms with van der Waals surface area (Å²) in [5, 5.41) is 12.0. The number of furan rings is 1. The normalized spacial score (nSPS) is 14.2. The number of nitriles is 1. The summed E-state index contributed by atoms with van der Waals surface area (Å²) in [6.45, 7) is 1.94. The molecule has 6 heteroatoms. The van der Waals surface area contributed by atoms with E-state index in [0.29, 0.717) is 17.2 Å². The second kappa shape index (κ2) is 7.58. The molecule has 0 unspecified atom stereocenters. The topological polar surface area (TPSA) is 78.5 Å². The Labute approximate surface area is 146 Å². The maximum atomic E-state index is 12.3. The molecule has 3 rings (SSSR count). The zero-order valence-electron chi connectivity index (χ0n) is 14.0. The zero-order chi connectivity index (χ0) is 17.6. The molecule has 1 aliphatic heterocycles. The number of anilines is 2. The molecule has 1 aliphatic rings. The average molecular weight is 337 g/mol. The first-order chi connectivity index (χ1) is 12.2. The van der Waals surface area contributed by atoms with Gasteiger partial charge in [-0.25, -0.2) is 0 Å². The van der Waals surface area contributed by atoms with Crippen molar-refractivity contribution in [3.8, 4) is 11.8 Å². The fourth-order valence-corrected chi connectivity index (χ4v) is 2.69. The number of carbonyl (C=O) groups is 1. The van der Waals surface area contributed by atoms with Crippen LogP contribution in [0.1, 0.15) is 18.6 Å². The second-order valence-electron chi connectivity index (χ2n) is 5.72. The summed E-state index contributed by atoms with van der Waals surface area (Å²) in [5.41, 5.74) is 0.572. The van der Waals surface area contributed by atoms with E-state index >= 15 is 0 Å². The second-order valence-corrected chi connectivity index (χ2v) is 5.72. The molecule has 2 aromatic rings. The first-order valence-electron chi connectivity index (χ1n) is 8.11. The number of nitrogens with one attached hydrogen (secondary N) is 1. The Hall–Kier alpha value is -3.20. The highest BCUT2D eigenvalue weighted by atomic mass is 16.5. The van der Waals surface area contributed by atoms with Gasteiger partial charge in [-0.2, -0.15) is 5.26 Å². The van der Waals surface area contributed by atoms with E-state index in [0.717, 1.165) is 31.8 Å². The van der Waals surface area contributed by atoms with Crippen molar-refractivity contribution in [3.05, 3.63) is 47.7 Å². The van der Waals surface area contributed by atoms with Crippen molar-refractivity contribution in [2.75, 3.05) is 30.4 Å². The van der Waals surface area contributed by atoms with Crippen LogP contribution in [0.5, 0.6) is 5.75 Å². The van der Waals surface area contributed by atoms with Gasteiger partial charge in [-0.15, -0.1) is 0 Å². The molecular weight excluding hydrogens is 318 g/mol. The van der Waals surface area contributed by atoms with Crippen LogP contribution in [0.3, 0.4) is 0 Å². The maximum absolute atomic E-state index is 12.3. The van der Waals surface area contributed by atoms with E-state index in [9.17, 15) is 10.1 Å². The van der Waals surface area contributed by atoms with Gasteiger partial charge in [0.15, 0.2) is 5.88 Å². The number of methoxy groups -OCH3 is 1. The molecule has 1 amide bonds. The van der Waals surface area contributed by atoms with Crippen LogP contribution in [0.15, 0.2) is 46.4 Å². The molecule has 1 N–H and O–H groups in total. The van der Waals surface area contributed by atoms with Gasteiger partial charge in [0.05, 0.1) is 7.11 Å². The molecule has 0 aliphatic carbocycles. The smallest absolute Gasteiger partial charge is 0.266 e. The van der Waals surface area contributed by atoms with E-state index in [1.54, 1.807) is 37.4 Å². The Bertz CT molecular complexity index is 809. The van der Waals surface area contributed by atoms with Crippen LogP contribution >= 0.6 is 0 Å². The highest BCUT2D eigenvalue weighted by Crippen LogP contribution is 2.24. The number of hydrogen-bond donors (Lipinski definition) is 1. The molecule has 0 spiro atoms. The molecule has 2 heterocycles. The van der Waals surface area contributed by atoms with Crippen molar-refractivity contribution in [2.24, 2.45) is 0 Å². The van der Waals surface area contributed by atoms with Crippen molar-refractivity contribution < 1.29 is 13.9 Å². The summed E-state index contributed by atoms with van der Waals surface area (Å²) in [6.07, 6.45) is 3.76. The van der Waals surface area contributed by atoms with Gasteiger partial charge in [-0.1, -0.05) is 0 Å². The number of amides is 1. The first kappa shape index (κ1) is 16.7. The predicted molar refractivity (Wildman–Crippen MR) is 95.4 cm³/mol. The average Bonchev–Trinajstić information content (AvgIpc) is 3.31. The van der Waals surface area contributed by atoms with Gasteiger partial charge < -0.3 is 19.4 Å². The lowest BCUT2D eigenvalue weighted by molar-refractivity contribution is -0.112. The lowest BCUT2D eigenvalue weighted by Crippen LogP contribution is -2.16. The molecule has 0 radical (unpaired) electrons. The van der Waals surface area contributed by atoms with E-state index in [-0.39, 0.29) is 5.57 Å². The molecule has 1 aromatic heterocycles. The highest BCUT2D eigenvalue weighted by molar-refractivity contribution is 6.09. The van der Waals surface area contributed by atoms with Crippen LogP contribution in [0.4, 0.5) is 11.6 Å². The zero-order valence-corrected chi connectivity index (χ0v) is 14.0. The number of carbonyl (C=O) groups excluding carboxylic acids is 1. The van der Waals surface area contributed by atoms with E-state index in [1.807, 2.05) is 12.1 Å². The van der Waals surface area contributed by atoms with Gasteiger partial charge in [-0.3, -0.25) is 4.79 Å². The Balaban J connectivity index is 1.71. The molecule has 128 valence electrons. The number of nitrogens with zero attached hydrogens (tertiary/aromatic N) is 2. The fourth-order valence-electron chi connectivity index (χ4n) is 2.69. The van der Waals surface area contributed by atoms with Crippen molar-refractivity contribution in [3.63, 3.8) is 0 Å². The van der Waals surface area contributed by atoms with E-state index in [1.165, 1.54) is 6.08 Å². The molecular formula is C19H19N3O3. The van der Waals surface area contributed by atoms with Gasteiger partial charge in [-0.05, 0) is 43.2 Å². The third kappa shape index (κ3) is 4.01. The summed E-state index contributed by atoms with van der Waals surface area (Å²) >= 11 is 0. The minimum atomic E-state index is -0.480. The minimum absolute atomic E-state index is 0.0156. The van der Waals surface area contributed by atoms with Crippen molar-refractivity contribution in [2.45, 2.75) is 12.8 Å². The van der Waals surface area contributed by atoms with Crippen molar-refractivity contribution in [1.29, 1.82) is 5.26 Å². The molecule has 0 saturated carbocycles. The summed E-state index contributed by atoms with van der Waals surface area (Å²) in [4.78, 5) is 14.4. The SMILES string of the molecule is COc1ccc(NC(=O)/C(C#N)=C\c2ccc(N3CCCC3)o2)cc1. The van der Waals surface area contributed by atoms with Crippen LogP contribution in [0.25, 0.3) is 6.08 Å². The highest BCUT2D eigenvalue weighted by Gasteiger charge is 2.16. The minimum Gasteiger partial charge on any atom is -0.497 e. The van der Waals surface area contributed by atoms with Crippen LogP contribution in [-0.2, 0) is 4.79 Å². The van der Waals surface area contributed by atoms with Crippen LogP contribution in [0.2, 0.25) is 0 Å². The lowest BCUT2D eigenvalue weighted by atomic mass is 10.2. The van der Waals surface area contributed by atoms with Gasteiger partial charge in [0.25, 0.3) is 5.91 Å². The summed E-state index contributed by atoms with van der Waals surface area (Å²) in [6, 6.07) is 12.5. The quantitative estimate of drug-likeness (QED) is 0.668. The van der Waals surface area contributed by atoms with Crippen LogP contribution in [0, 0.1) is 11.3 Å². The van der Waals surface area contributed by atoms with E-state index < -0.39 is 5.91 Å². The molecule has 0 bridgehead atoms. The first-order valence-corrected chi connectivity index (χ1v) is 8.11. The molecule has 25 heavy (non-hydrogen) atoms.